The first kappa shape index (κ1) is 25.5. The molecule has 2 N–H and O–H groups in total. The Bertz CT molecular complexity index is 1300. The molecule has 1 aliphatic carbocycles. The minimum absolute atomic E-state index is 0.0788. The van der Waals surface area contributed by atoms with Gasteiger partial charge in [-0.3, -0.25) is 19.8 Å². The third kappa shape index (κ3) is 4.63. The number of esters is 1. The van der Waals surface area contributed by atoms with E-state index in [1.54, 1.807) is 35.7 Å². The van der Waals surface area contributed by atoms with Crippen molar-refractivity contribution in [2.24, 2.45) is 11.1 Å². The molecular weight excluding hydrogens is 478 g/mol. The van der Waals surface area contributed by atoms with Gasteiger partial charge in [0.25, 0.3) is 5.69 Å². The van der Waals surface area contributed by atoms with Crippen molar-refractivity contribution < 1.29 is 19.2 Å². The molecule has 0 aromatic heterocycles. The second kappa shape index (κ2) is 9.81. The van der Waals surface area contributed by atoms with Crippen molar-refractivity contribution in [2.75, 3.05) is 17.8 Å². The summed E-state index contributed by atoms with van der Waals surface area (Å²) in [6, 6.07) is 13.8. The first-order valence-electron chi connectivity index (χ1n) is 11.7. The van der Waals surface area contributed by atoms with Crippen LogP contribution in [0.2, 0.25) is 0 Å². The zero-order chi connectivity index (χ0) is 26.2. The molecule has 0 fully saturated rings. The number of non-ortho nitro benzene ring substituents is 1. The monoisotopic (exact) mass is 507 g/mol. The highest BCUT2D eigenvalue weighted by atomic mass is 32.2. The van der Waals surface area contributed by atoms with Gasteiger partial charge in [-0.15, -0.1) is 11.8 Å². The number of nitrogens with two attached hydrogens (primary N) is 1. The Morgan fingerprint density at radius 2 is 1.92 bits per heavy atom. The number of ketones is 1. The molecule has 0 spiro atoms. The van der Waals surface area contributed by atoms with E-state index in [1.165, 1.54) is 12.1 Å². The van der Waals surface area contributed by atoms with E-state index in [2.05, 4.69) is 0 Å². The summed E-state index contributed by atoms with van der Waals surface area (Å²) in [5.74, 6) is -1.29. The largest absolute Gasteiger partial charge is 0.463 e. The molecule has 1 atom stereocenters. The van der Waals surface area contributed by atoms with Crippen LogP contribution in [0.1, 0.15) is 45.1 Å². The highest BCUT2D eigenvalue weighted by Gasteiger charge is 2.46. The summed E-state index contributed by atoms with van der Waals surface area (Å²) in [7, 11) is 0. The average Bonchev–Trinajstić information content (AvgIpc) is 2.82. The number of carbonyl (C=O) groups excluding carboxylic acids is 2. The summed E-state index contributed by atoms with van der Waals surface area (Å²) in [6.45, 7) is 5.85. The molecule has 0 saturated carbocycles. The molecule has 0 bridgehead atoms. The quantitative estimate of drug-likeness (QED) is 0.242. The molecule has 36 heavy (non-hydrogen) atoms. The lowest BCUT2D eigenvalue weighted by Gasteiger charge is -2.44. The molecule has 0 amide bonds. The smallest absolute Gasteiger partial charge is 0.338 e. The minimum Gasteiger partial charge on any atom is -0.463 e. The fourth-order valence-electron chi connectivity index (χ4n) is 4.99. The van der Waals surface area contributed by atoms with E-state index >= 15 is 0 Å². The van der Waals surface area contributed by atoms with E-state index in [1.807, 2.05) is 44.4 Å². The lowest BCUT2D eigenvalue weighted by molar-refractivity contribution is -0.384. The van der Waals surface area contributed by atoms with Crippen LogP contribution in [-0.2, 0) is 14.3 Å². The standard InChI is InChI=1S/C27H29N3O5S/c1-5-35-26(32)24-22(16-9-11-19(36-4)12-10-16)23-20(14-27(2,3)15-21(23)31)29(25(24)28)17-7-6-8-18(13-17)30(33)34/h6-13,22H,5,14-15,28H2,1-4H3. The van der Waals surface area contributed by atoms with E-state index in [4.69, 9.17) is 10.5 Å². The third-order valence-electron chi connectivity index (χ3n) is 6.50. The predicted octanol–water partition coefficient (Wildman–Crippen LogP) is 5.30. The molecule has 8 nitrogen and oxygen atoms in total. The molecule has 0 saturated heterocycles. The molecule has 2 aliphatic rings. The average molecular weight is 508 g/mol. The van der Waals surface area contributed by atoms with E-state index < -0.39 is 16.8 Å². The maximum Gasteiger partial charge on any atom is 0.338 e. The van der Waals surface area contributed by atoms with Crippen molar-refractivity contribution in [2.45, 2.75) is 44.4 Å². The molecule has 2 aromatic rings. The van der Waals surface area contributed by atoms with Crippen LogP contribution in [-0.4, -0.2) is 29.5 Å². The molecular formula is C27H29N3O5S. The van der Waals surface area contributed by atoms with Crippen LogP contribution < -0.4 is 10.6 Å². The zero-order valence-electron chi connectivity index (χ0n) is 20.7. The van der Waals surface area contributed by atoms with E-state index in [0.717, 1.165) is 10.5 Å². The fraction of sp³-hybridized carbons (Fsp3) is 0.333. The van der Waals surface area contributed by atoms with Gasteiger partial charge in [0.1, 0.15) is 5.82 Å². The van der Waals surface area contributed by atoms with Crippen molar-refractivity contribution in [3.05, 3.63) is 86.9 Å². The number of nitrogens with zero attached hydrogens (tertiary/aromatic N) is 2. The molecule has 1 heterocycles. The van der Waals surface area contributed by atoms with E-state index in [0.29, 0.717) is 29.8 Å². The van der Waals surface area contributed by atoms with Crippen LogP contribution >= 0.6 is 11.8 Å². The number of carbonyl (C=O) groups is 2. The highest BCUT2D eigenvalue weighted by Crippen LogP contribution is 2.50. The Labute approximate surface area is 214 Å². The summed E-state index contributed by atoms with van der Waals surface area (Å²) in [4.78, 5) is 40.8. The zero-order valence-corrected chi connectivity index (χ0v) is 21.6. The number of thioether (sulfide) groups is 1. The van der Waals surface area contributed by atoms with Crippen molar-refractivity contribution in [1.82, 2.24) is 0 Å². The van der Waals surface area contributed by atoms with Crippen LogP contribution in [0, 0.1) is 15.5 Å². The summed E-state index contributed by atoms with van der Waals surface area (Å²) in [5, 5.41) is 11.5. The van der Waals surface area contributed by atoms with E-state index in [-0.39, 0.29) is 34.9 Å². The minimum atomic E-state index is -0.700. The van der Waals surface area contributed by atoms with Gasteiger partial charge in [-0.1, -0.05) is 32.0 Å². The Hall–Kier alpha value is -3.59. The van der Waals surface area contributed by atoms with Crippen LogP contribution in [0.5, 0.6) is 0 Å². The number of allylic oxidation sites excluding steroid dienone is 2. The van der Waals surface area contributed by atoms with Crippen LogP contribution in [0.15, 0.2) is 76.1 Å². The van der Waals surface area contributed by atoms with Crippen LogP contribution in [0.3, 0.4) is 0 Å². The summed E-state index contributed by atoms with van der Waals surface area (Å²) in [6.07, 6.45) is 2.79. The van der Waals surface area contributed by atoms with Gasteiger partial charge in [-0.2, -0.15) is 0 Å². The number of benzene rings is 2. The molecule has 9 heteroatoms. The molecule has 1 aliphatic heterocycles. The van der Waals surface area contributed by atoms with E-state index in [9.17, 15) is 19.7 Å². The first-order valence-corrected chi connectivity index (χ1v) is 12.9. The number of hydrogen-bond acceptors (Lipinski definition) is 8. The van der Waals surface area contributed by atoms with Gasteiger partial charge in [0.05, 0.1) is 28.7 Å². The third-order valence-corrected chi connectivity index (χ3v) is 7.25. The Kier molecular flexibility index (Phi) is 6.95. The normalized spacial score (nSPS) is 19.3. The van der Waals surface area contributed by atoms with Crippen molar-refractivity contribution >= 4 is 34.9 Å². The number of ether oxygens (including phenoxy) is 1. The second-order valence-corrected chi connectivity index (χ2v) is 10.5. The molecule has 1 unspecified atom stereocenters. The predicted molar refractivity (Wildman–Crippen MR) is 139 cm³/mol. The van der Waals surface area contributed by atoms with Gasteiger partial charge in [-0.25, -0.2) is 4.79 Å². The van der Waals surface area contributed by atoms with Gasteiger partial charge < -0.3 is 10.5 Å². The maximum atomic E-state index is 13.7. The fourth-order valence-corrected chi connectivity index (χ4v) is 5.40. The first-order chi connectivity index (χ1) is 17.1. The number of nitro groups is 1. The summed E-state index contributed by atoms with van der Waals surface area (Å²) >= 11 is 1.59. The van der Waals surface area contributed by atoms with Crippen molar-refractivity contribution in [3.8, 4) is 0 Å². The number of hydrogen-bond donors (Lipinski definition) is 1. The lowest BCUT2D eigenvalue weighted by atomic mass is 9.68. The number of anilines is 1. The van der Waals surface area contributed by atoms with Crippen LogP contribution in [0.25, 0.3) is 0 Å². The van der Waals surface area contributed by atoms with Crippen molar-refractivity contribution in [3.63, 3.8) is 0 Å². The van der Waals surface area contributed by atoms with Gasteiger partial charge in [-0.05, 0) is 48.8 Å². The maximum absolute atomic E-state index is 13.7. The van der Waals surface area contributed by atoms with Crippen molar-refractivity contribution in [1.29, 1.82) is 0 Å². The van der Waals surface area contributed by atoms with Crippen LogP contribution in [0.4, 0.5) is 11.4 Å². The van der Waals surface area contributed by atoms with Gasteiger partial charge >= 0.3 is 5.97 Å². The molecule has 4 rings (SSSR count). The Morgan fingerprint density at radius 1 is 1.22 bits per heavy atom. The molecule has 188 valence electrons. The summed E-state index contributed by atoms with van der Waals surface area (Å²) < 4.78 is 5.40. The summed E-state index contributed by atoms with van der Waals surface area (Å²) in [5.41, 5.74) is 8.72. The molecule has 0 radical (unpaired) electrons. The topological polar surface area (TPSA) is 116 Å². The second-order valence-electron chi connectivity index (χ2n) is 9.64. The SMILES string of the molecule is CCOC(=O)C1=C(N)N(c2cccc([N+](=O)[O-])c2)C2=C(C(=O)CC(C)(C)C2)C1c1ccc(SC)cc1. The van der Waals surface area contributed by atoms with Gasteiger partial charge in [0.2, 0.25) is 0 Å². The Morgan fingerprint density at radius 3 is 2.53 bits per heavy atom. The molecule has 2 aromatic carbocycles. The van der Waals surface area contributed by atoms with Gasteiger partial charge in [0, 0.05) is 34.7 Å². The number of nitro benzene ring substituents is 1. The number of Topliss-reactive ketones (excluding diaryl/α,β-unsaturated/α-hetero) is 1. The van der Waals surface area contributed by atoms with Gasteiger partial charge in [0.15, 0.2) is 5.78 Å². The Balaban J connectivity index is 2.02. The lowest BCUT2D eigenvalue weighted by Crippen LogP contribution is -2.43. The number of rotatable bonds is 6. The highest BCUT2D eigenvalue weighted by molar-refractivity contribution is 7.98.